The molecule has 0 aromatic rings. The van der Waals surface area contributed by atoms with Crippen molar-refractivity contribution in [3.8, 4) is 0 Å². The number of methoxy groups -OCH3 is 1. The molecule has 0 aliphatic carbocycles. The van der Waals surface area contributed by atoms with Gasteiger partial charge in [0.25, 0.3) is 0 Å². The maximum atomic E-state index is 10.7. The smallest absolute Gasteiger partial charge is 0.183 e. The summed E-state index contributed by atoms with van der Waals surface area (Å²) in [6, 6.07) is 0. The number of carbonyl (C=O) groups is 1. The predicted octanol–water partition coefficient (Wildman–Crippen LogP) is 0.629. The quantitative estimate of drug-likeness (QED) is 0.515. The van der Waals surface area contributed by atoms with Gasteiger partial charge in [0.1, 0.15) is 13.2 Å². The second kappa shape index (κ2) is 6.71. The average molecular weight is 146 g/mol. The summed E-state index contributed by atoms with van der Waals surface area (Å²) in [5.74, 6) is -0.00375. The maximum absolute atomic E-state index is 10.7. The zero-order valence-electron chi connectivity index (χ0n) is 6.55. The van der Waals surface area contributed by atoms with Crippen LogP contribution in [0.2, 0.25) is 0 Å². The Balaban J connectivity index is 3.05. The third kappa shape index (κ3) is 5.72. The first-order valence-corrected chi connectivity index (χ1v) is 3.39. The fourth-order valence-electron chi connectivity index (χ4n) is 0.533. The molecule has 0 fully saturated rings. The molecular formula is C7H14O3. The fourth-order valence-corrected chi connectivity index (χ4v) is 0.533. The monoisotopic (exact) mass is 146 g/mol. The largest absolute Gasteiger partial charge is 0.377 e. The minimum absolute atomic E-state index is 0.00375. The molecule has 0 atom stereocenters. The van der Waals surface area contributed by atoms with Crippen LogP contribution in [0.3, 0.4) is 0 Å². The summed E-state index contributed by atoms with van der Waals surface area (Å²) in [7, 11) is 1.50. The highest BCUT2D eigenvalue weighted by Gasteiger charge is 1.98. The molecule has 0 aromatic carbocycles. The Hall–Kier alpha value is -0.410. The number of carbonyl (C=O) groups excluding carboxylic acids is 1. The molecule has 0 N–H and O–H groups in total. The van der Waals surface area contributed by atoms with Crippen molar-refractivity contribution in [1.29, 1.82) is 0 Å². The summed E-state index contributed by atoms with van der Waals surface area (Å²) in [6.07, 6.45) is 0.945. The second-order valence-electron chi connectivity index (χ2n) is 2.02. The first kappa shape index (κ1) is 9.59. The van der Waals surface area contributed by atoms with Gasteiger partial charge in [0, 0.05) is 13.7 Å². The van der Waals surface area contributed by atoms with E-state index in [2.05, 4.69) is 4.74 Å². The highest BCUT2D eigenvalue weighted by Crippen LogP contribution is 1.81. The van der Waals surface area contributed by atoms with Crippen LogP contribution in [-0.4, -0.2) is 32.7 Å². The van der Waals surface area contributed by atoms with E-state index in [1.165, 1.54) is 7.11 Å². The van der Waals surface area contributed by atoms with Gasteiger partial charge in [-0.3, -0.25) is 4.79 Å². The van der Waals surface area contributed by atoms with Gasteiger partial charge in [-0.2, -0.15) is 0 Å². The summed E-state index contributed by atoms with van der Waals surface area (Å²) in [6.45, 7) is 2.99. The second-order valence-corrected chi connectivity index (χ2v) is 2.02. The molecule has 3 nitrogen and oxygen atoms in total. The van der Waals surface area contributed by atoms with Crippen LogP contribution < -0.4 is 0 Å². The van der Waals surface area contributed by atoms with E-state index in [4.69, 9.17) is 4.74 Å². The van der Waals surface area contributed by atoms with Crippen LogP contribution in [0.15, 0.2) is 0 Å². The normalized spacial score (nSPS) is 9.80. The molecule has 0 bridgehead atoms. The van der Waals surface area contributed by atoms with Crippen molar-refractivity contribution in [1.82, 2.24) is 0 Å². The van der Waals surface area contributed by atoms with Gasteiger partial charge in [-0.1, -0.05) is 6.92 Å². The first-order chi connectivity index (χ1) is 4.81. The molecule has 3 heteroatoms. The standard InChI is InChI=1S/C7H14O3/c1-3-4-10-6-7(8)5-9-2/h3-6H2,1-2H3. The van der Waals surface area contributed by atoms with Gasteiger partial charge < -0.3 is 9.47 Å². The Morgan fingerprint density at radius 3 is 2.60 bits per heavy atom. The topological polar surface area (TPSA) is 35.5 Å². The van der Waals surface area contributed by atoms with Crippen LogP contribution >= 0.6 is 0 Å². The Morgan fingerprint density at radius 2 is 2.10 bits per heavy atom. The molecule has 0 saturated carbocycles. The molecule has 0 unspecified atom stereocenters. The molecule has 60 valence electrons. The molecule has 0 saturated heterocycles. The highest BCUT2D eigenvalue weighted by molar-refractivity contribution is 5.80. The lowest BCUT2D eigenvalue weighted by Gasteiger charge is -1.99. The highest BCUT2D eigenvalue weighted by atomic mass is 16.5. The minimum atomic E-state index is -0.00375. The van der Waals surface area contributed by atoms with E-state index < -0.39 is 0 Å². The Labute approximate surface area is 61.3 Å². The Morgan fingerprint density at radius 1 is 1.40 bits per heavy atom. The molecule has 10 heavy (non-hydrogen) atoms. The van der Waals surface area contributed by atoms with Crippen LogP contribution in [0.4, 0.5) is 0 Å². The van der Waals surface area contributed by atoms with Crippen molar-refractivity contribution in [2.45, 2.75) is 13.3 Å². The molecule has 0 aliphatic heterocycles. The van der Waals surface area contributed by atoms with Gasteiger partial charge in [0.05, 0.1) is 0 Å². The Bertz CT molecular complexity index is 90.9. The molecule has 0 radical (unpaired) electrons. The zero-order valence-corrected chi connectivity index (χ0v) is 6.55. The van der Waals surface area contributed by atoms with Crippen LogP contribution in [-0.2, 0) is 14.3 Å². The molecule has 0 spiro atoms. The number of hydrogen-bond donors (Lipinski definition) is 0. The predicted molar refractivity (Wildman–Crippen MR) is 38.0 cm³/mol. The zero-order chi connectivity index (χ0) is 7.82. The number of rotatable bonds is 6. The van der Waals surface area contributed by atoms with Gasteiger partial charge in [-0.15, -0.1) is 0 Å². The lowest BCUT2D eigenvalue weighted by atomic mass is 10.4. The number of ketones is 1. The van der Waals surface area contributed by atoms with Gasteiger partial charge >= 0.3 is 0 Å². The van der Waals surface area contributed by atoms with Crippen LogP contribution in [0.5, 0.6) is 0 Å². The molecule has 0 aliphatic rings. The van der Waals surface area contributed by atoms with Crippen LogP contribution in [0.25, 0.3) is 0 Å². The van der Waals surface area contributed by atoms with E-state index in [-0.39, 0.29) is 19.0 Å². The van der Waals surface area contributed by atoms with Gasteiger partial charge in [0.15, 0.2) is 5.78 Å². The summed E-state index contributed by atoms with van der Waals surface area (Å²) in [5, 5.41) is 0. The molecular weight excluding hydrogens is 132 g/mol. The van der Waals surface area contributed by atoms with Crippen LogP contribution in [0, 0.1) is 0 Å². The summed E-state index contributed by atoms with van der Waals surface area (Å²) in [4.78, 5) is 10.7. The lowest BCUT2D eigenvalue weighted by Crippen LogP contribution is -2.14. The maximum Gasteiger partial charge on any atom is 0.183 e. The minimum Gasteiger partial charge on any atom is -0.377 e. The molecule has 0 heterocycles. The first-order valence-electron chi connectivity index (χ1n) is 3.39. The molecule has 0 rings (SSSR count). The number of Topliss-reactive ketones (excluding diaryl/α,β-unsaturated/α-hetero) is 1. The van der Waals surface area contributed by atoms with Crippen molar-refractivity contribution < 1.29 is 14.3 Å². The average Bonchev–Trinajstić information content (AvgIpc) is 1.89. The van der Waals surface area contributed by atoms with E-state index in [9.17, 15) is 4.79 Å². The molecule has 0 amide bonds. The lowest BCUT2D eigenvalue weighted by molar-refractivity contribution is -0.127. The Kier molecular flexibility index (Phi) is 6.43. The summed E-state index contributed by atoms with van der Waals surface area (Å²) < 4.78 is 9.57. The van der Waals surface area contributed by atoms with E-state index in [0.29, 0.717) is 6.61 Å². The van der Waals surface area contributed by atoms with Gasteiger partial charge in [-0.05, 0) is 6.42 Å². The SMILES string of the molecule is CCCOCC(=O)COC. The van der Waals surface area contributed by atoms with Crippen molar-refractivity contribution in [2.75, 3.05) is 26.9 Å². The van der Waals surface area contributed by atoms with E-state index in [1.807, 2.05) is 6.92 Å². The van der Waals surface area contributed by atoms with E-state index in [1.54, 1.807) is 0 Å². The third-order valence-electron chi connectivity index (χ3n) is 0.917. The number of hydrogen-bond acceptors (Lipinski definition) is 3. The van der Waals surface area contributed by atoms with Crippen LogP contribution in [0.1, 0.15) is 13.3 Å². The van der Waals surface area contributed by atoms with E-state index in [0.717, 1.165) is 6.42 Å². The molecule has 0 aromatic heterocycles. The van der Waals surface area contributed by atoms with Crippen molar-refractivity contribution in [3.63, 3.8) is 0 Å². The van der Waals surface area contributed by atoms with Crippen molar-refractivity contribution in [2.24, 2.45) is 0 Å². The third-order valence-corrected chi connectivity index (χ3v) is 0.917. The van der Waals surface area contributed by atoms with E-state index >= 15 is 0 Å². The van der Waals surface area contributed by atoms with Crippen molar-refractivity contribution in [3.05, 3.63) is 0 Å². The summed E-state index contributed by atoms with van der Waals surface area (Å²) in [5.41, 5.74) is 0. The number of ether oxygens (including phenoxy) is 2. The van der Waals surface area contributed by atoms with Gasteiger partial charge in [0.2, 0.25) is 0 Å². The summed E-state index contributed by atoms with van der Waals surface area (Å²) >= 11 is 0. The van der Waals surface area contributed by atoms with Gasteiger partial charge in [-0.25, -0.2) is 0 Å². The fraction of sp³-hybridized carbons (Fsp3) is 0.857. The van der Waals surface area contributed by atoms with Crippen molar-refractivity contribution >= 4 is 5.78 Å².